The second-order valence-corrected chi connectivity index (χ2v) is 2.90. The van der Waals surface area contributed by atoms with Gasteiger partial charge < -0.3 is 9.47 Å². The van der Waals surface area contributed by atoms with Crippen LogP contribution in [0.2, 0.25) is 0 Å². The van der Waals surface area contributed by atoms with Crippen LogP contribution in [0.25, 0.3) is 6.08 Å². The summed E-state index contributed by atoms with van der Waals surface area (Å²) in [6.07, 6.45) is 8.91. The Morgan fingerprint density at radius 2 is 2.25 bits per heavy atom. The van der Waals surface area contributed by atoms with Crippen molar-refractivity contribution in [1.29, 1.82) is 0 Å². The normalized spacial score (nSPS) is 9.75. The predicted molar refractivity (Wildman–Crippen MR) is 62.4 cm³/mol. The average Bonchev–Trinajstić information content (AvgIpc) is 2.34. The zero-order chi connectivity index (χ0) is 11.8. The molecule has 0 spiro atoms. The molecule has 0 radical (unpaired) electrons. The summed E-state index contributed by atoms with van der Waals surface area (Å²) < 4.78 is 10.4. The van der Waals surface area contributed by atoms with Crippen LogP contribution in [0, 0.1) is 12.3 Å². The van der Waals surface area contributed by atoms with Gasteiger partial charge in [0, 0.05) is 0 Å². The maximum Gasteiger partial charge on any atom is 0.162 e. The van der Waals surface area contributed by atoms with E-state index >= 15 is 0 Å². The van der Waals surface area contributed by atoms with E-state index in [1.807, 2.05) is 6.07 Å². The van der Waals surface area contributed by atoms with E-state index in [0.717, 1.165) is 11.8 Å². The van der Waals surface area contributed by atoms with E-state index in [1.165, 1.54) is 6.08 Å². The lowest BCUT2D eigenvalue weighted by molar-refractivity contribution is -0.104. The minimum atomic E-state index is 0.194. The van der Waals surface area contributed by atoms with Crippen molar-refractivity contribution in [3.63, 3.8) is 0 Å². The molecule has 0 bridgehead atoms. The van der Waals surface area contributed by atoms with Crippen LogP contribution in [0.15, 0.2) is 24.3 Å². The van der Waals surface area contributed by atoms with Gasteiger partial charge in [-0.1, -0.05) is 18.1 Å². The van der Waals surface area contributed by atoms with Gasteiger partial charge in [0.05, 0.1) is 7.11 Å². The Kier molecular flexibility index (Phi) is 4.68. The van der Waals surface area contributed by atoms with Crippen molar-refractivity contribution in [3.05, 3.63) is 29.8 Å². The van der Waals surface area contributed by atoms with Crippen LogP contribution in [0.3, 0.4) is 0 Å². The lowest BCUT2D eigenvalue weighted by Crippen LogP contribution is -1.96. The highest BCUT2D eigenvalue weighted by Gasteiger charge is 2.03. The molecule has 0 unspecified atom stereocenters. The zero-order valence-electron chi connectivity index (χ0n) is 8.97. The van der Waals surface area contributed by atoms with Gasteiger partial charge in [-0.15, -0.1) is 6.42 Å². The van der Waals surface area contributed by atoms with Gasteiger partial charge in [0.15, 0.2) is 11.5 Å². The van der Waals surface area contributed by atoms with Gasteiger partial charge in [0.2, 0.25) is 0 Å². The number of benzene rings is 1. The lowest BCUT2D eigenvalue weighted by Gasteiger charge is -2.08. The molecule has 3 nitrogen and oxygen atoms in total. The number of carbonyl (C=O) groups is 1. The van der Waals surface area contributed by atoms with Crippen LogP contribution in [-0.4, -0.2) is 20.0 Å². The SMILES string of the molecule is C#CCOc1ccc(/C=C/C=O)cc1OC. The summed E-state index contributed by atoms with van der Waals surface area (Å²) in [5, 5.41) is 0. The Hall–Kier alpha value is -2.21. The Bertz CT molecular complexity index is 427. The summed E-state index contributed by atoms with van der Waals surface area (Å²) in [4.78, 5) is 10.2. The molecule has 0 saturated heterocycles. The standard InChI is InChI=1S/C13H12O3/c1-3-9-16-12-7-6-11(5-4-8-14)10-13(12)15-2/h1,4-8,10H,9H2,2H3/b5-4+. The van der Waals surface area contributed by atoms with E-state index in [4.69, 9.17) is 15.9 Å². The fraction of sp³-hybridized carbons (Fsp3) is 0.154. The molecule has 3 heteroatoms. The maximum absolute atomic E-state index is 10.2. The molecule has 16 heavy (non-hydrogen) atoms. The molecule has 0 amide bonds. The molecule has 1 rings (SSSR count). The quantitative estimate of drug-likeness (QED) is 0.428. The van der Waals surface area contributed by atoms with Crippen LogP contribution >= 0.6 is 0 Å². The van der Waals surface area contributed by atoms with E-state index in [-0.39, 0.29) is 6.61 Å². The summed E-state index contributed by atoms with van der Waals surface area (Å²) in [6.45, 7) is 0.194. The predicted octanol–water partition coefficient (Wildman–Crippen LogP) is 1.92. The van der Waals surface area contributed by atoms with Crippen LogP contribution in [-0.2, 0) is 4.79 Å². The third-order valence-electron chi connectivity index (χ3n) is 1.87. The molecule has 0 fully saturated rings. The van der Waals surface area contributed by atoms with E-state index in [9.17, 15) is 4.79 Å². The minimum absolute atomic E-state index is 0.194. The first-order valence-electron chi connectivity index (χ1n) is 4.68. The van der Waals surface area contributed by atoms with Crippen molar-refractivity contribution in [2.45, 2.75) is 0 Å². The van der Waals surface area contributed by atoms with Gasteiger partial charge in [-0.2, -0.15) is 0 Å². The number of aldehydes is 1. The second-order valence-electron chi connectivity index (χ2n) is 2.90. The van der Waals surface area contributed by atoms with Crippen LogP contribution < -0.4 is 9.47 Å². The molecule has 0 atom stereocenters. The largest absolute Gasteiger partial charge is 0.493 e. The number of methoxy groups -OCH3 is 1. The molecule has 0 aliphatic rings. The summed E-state index contributed by atoms with van der Waals surface area (Å²) in [5.41, 5.74) is 0.858. The molecule has 0 N–H and O–H groups in total. The number of rotatable bonds is 5. The first-order chi connectivity index (χ1) is 7.81. The fourth-order valence-corrected chi connectivity index (χ4v) is 1.18. The molecule has 0 aromatic heterocycles. The number of carbonyl (C=O) groups excluding carboxylic acids is 1. The van der Waals surface area contributed by atoms with Gasteiger partial charge >= 0.3 is 0 Å². The van der Waals surface area contributed by atoms with Crippen molar-refractivity contribution in [1.82, 2.24) is 0 Å². The summed E-state index contributed by atoms with van der Waals surface area (Å²) in [7, 11) is 1.55. The molecule has 0 aliphatic carbocycles. The Morgan fingerprint density at radius 3 is 2.88 bits per heavy atom. The smallest absolute Gasteiger partial charge is 0.162 e. The highest BCUT2D eigenvalue weighted by atomic mass is 16.5. The summed E-state index contributed by atoms with van der Waals surface area (Å²) in [5.74, 6) is 3.55. The van der Waals surface area contributed by atoms with Crippen molar-refractivity contribution < 1.29 is 14.3 Å². The van der Waals surface area contributed by atoms with E-state index in [1.54, 1.807) is 25.3 Å². The lowest BCUT2D eigenvalue weighted by atomic mass is 10.2. The van der Waals surface area contributed by atoms with Gasteiger partial charge in [-0.3, -0.25) is 4.79 Å². The van der Waals surface area contributed by atoms with E-state index in [0.29, 0.717) is 11.5 Å². The van der Waals surface area contributed by atoms with Crippen molar-refractivity contribution in [2.24, 2.45) is 0 Å². The average molecular weight is 216 g/mol. The minimum Gasteiger partial charge on any atom is -0.493 e. The first kappa shape index (κ1) is 11.9. The molecule has 82 valence electrons. The highest BCUT2D eigenvalue weighted by Crippen LogP contribution is 2.28. The maximum atomic E-state index is 10.2. The van der Waals surface area contributed by atoms with Crippen LogP contribution in [0.4, 0.5) is 0 Å². The van der Waals surface area contributed by atoms with Gasteiger partial charge in [0.25, 0.3) is 0 Å². The Balaban J connectivity index is 2.93. The molecule has 0 aliphatic heterocycles. The van der Waals surface area contributed by atoms with Crippen molar-refractivity contribution in [3.8, 4) is 23.8 Å². The molecule has 0 saturated carbocycles. The topological polar surface area (TPSA) is 35.5 Å². The number of terminal acetylenes is 1. The number of hydrogen-bond donors (Lipinski definition) is 0. The van der Waals surface area contributed by atoms with Crippen LogP contribution in [0.1, 0.15) is 5.56 Å². The van der Waals surface area contributed by atoms with Crippen molar-refractivity contribution >= 4 is 12.4 Å². The zero-order valence-corrected chi connectivity index (χ0v) is 8.97. The molecular formula is C13H12O3. The van der Waals surface area contributed by atoms with Crippen molar-refractivity contribution in [2.75, 3.05) is 13.7 Å². The number of allylic oxidation sites excluding steroid dienone is 1. The van der Waals surface area contributed by atoms with Crippen LogP contribution in [0.5, 0.6) is 11.5 Å². The summed E-state index contributed by atoms with van der Waals surface area (Å²) in [6, 6.07) is 5.33. The highest BCUT2D eigenvalue weighted by molar-refractivity contribution is 5.74. The van der Waals surface area contributed by atoms with E-state index < -0.39 is 0 Å². The third kappa shape index (κ3) is 3.18. The molecule has 1 aromatic rings. The van der Waals surface area contributed by atoms with E-state index in [2.05, 4.69) is 5.92 Å². The monoisotopic (exact) mass is 216 g/mol. The first-order valence-corrected chi connectivity index (χ1v) is 4.68. The fourth-order valence-electron chi connectivity index (χ4n) is 1.18. The molecular weight excluding hydrogens is 204 g/mol. The Morgan fingerprint density at radius 1 is 1.44 bits per heavy atom. The van der Waals surface area contributed by atoms with Gasteiger partial charge in [-0.05, 0) is 23.8 Å². The Labute approximate surface area is 94.7 Å². The summed E-state index contributed by atoms with van der Waals surface area (Å²) >= 11 is 0. The third-order valence-corrected chi connectivity index (χ3v) is 1.87. The molecule has 0 heterocycles. The second kappa shape index (κ2) is 6.31. The molecule has 1 aromatic carbocycles. The number of hydrogen-bond acceptors (Lipinski definition) is 3. The van der Waals surface area contributed by atoms with Gasteiger partial charge in [-0.25, -0.2) is 0 Å². The van der Waals surface area contributed by atoms with Gasteiger partial charge in [0.1, 0.15) is 12.9 Å². The number of ether oxygens (including phenoxy) is 2.